The minimum absolute atomic E-state index is 0.500. The highest BCUT2D eigenvalue weighted by molar-refractivity contribution is 5.75. The third-order valence-electron chi connectivity index (χ3n) is 2.26. The summed E-state index contributed by atoms with van der Waals surface area (Å²) in [6, 6.07) is 6.25. The molecule has 0 aliphatic heterocycles. The summed E-state index contributed by atoms with van der Waals surface area (Å²) in [5.74, 6) is 0. The zero-order valence-electron chi connectivity index (χ0n) is 8.20. The third-order valence-corrected chi connectivity index (χ3v) is 2.26. The van der Waals surface area contributed by atoms with Crippen molar-refractivity contribution in [1.82, 2.24) is 14.9 Å². The van der Waals surface area contributed by atoms with Gasteiger partial charge in [0.05, 0.1) is 17.4 Å². The Morgan fingerprint density at radius 2 is 2.36 bits per heavy atom. The molecule has 2 rings (SSSR count). The fourth-order valence-corrected chi connectivity index (χ4v) is 1.51. The minimum atomic E-state index is 0.500. The van der Waals surface area contributed by atoms with Crippen LogP contribution in [0, 0.1) is 0 Å². The second kappa shape index (κ2) is 3.77. The van der Waals surface area contributed by atoms with Gasteiger partial charge in [0.2, 0.25) is 0 Å². The zero-order chi connectivity index (χ0) is 9.97. The molecule has 0 amide bonds. The Bertz CT molecular complexity index is 433. The molecule has 4 nitrogen and oxygen atoms in total. The first-order valence-electron chi connectivity index (χ1n) is 4.62. The van der Waals surface area contributed by atoms with E-state index < -0.39 is 0 Å². The normalized spacial score (nSPS) is 11.0. The van der Waals surface area contributed by atoms with E-state index in [9.17, 15) is 0 Å². The summed E-state index contributed by atoms with van der Waals surface area (Å²) < 4.78 is 2.01. The molecule has 0 radical (unpaired) electrons. The van der Waals surface area contributed by atoms with Gasteiger partial charge in [-0.2, -0.15) is 0 Å². The SMILES string of the molecule is Cn1cnc2cc(CNCN)ccc21. The van der Waals surface area contributed by atoms with Crippen molar-refractivity contribution >= 4 is 11.0 Å². The van der Waals surface area contributed by atoms with Crippen LogP contribution in [-0.4, -0.2) is 16.2 Å². The van der Waals surface area contributed by atoms with Gasteiger partial charge in [0, 0.05) is 20.3 Å². The van der Waals surface area contributed by atoms with Crippen LogP contribution in [0.2, 0.25) is 0 Å². The molecule has 0 bridgehead atoms. The predicted octanol–water partition coefficient (Wildman–Crippen LogP) is 0.579. The molecule has 2 aromatic rings. The smallest absolute Gasteiger partial charge is 0.0955 e. The molecule has 0 spiro atoms. The summed E-state index contributed by atoms with van der Waals surface area (Å²) in [7, 11) is 1.99. The Kier molecular flexibility index (Phi) is 2.47. The lowest BCUT2D eigenvalue weighted by Crippen LogP contribution is -2.21. The van der Waals surface area contributed by atoms with Crippen molar-refractivity contribution in [2.24, 2.45) is 12.8 Å². The maximum atomic E-state index is 5.36. The summed E-state index contributed by atoms with van der Waals surface area (Å²) in [5, 5.41) is 3.08. The van der Waals surface area contributed by atoms with Gasteiger partial charge in [-0.25, -0.2) is 4.98 Å². The van der Waals surface area contributed by atoms with Crippen LogP contribution in [0.3, 0.4) is 0 Å². The molecule has 0 fully saturated rings. The Morgan fingerprint density at radius 3 is 3.14 bits per heavy atom. The largest absolute Gasteiger partial charge is 0.334 e. The quantitative estimate of drug-likeness (QED) is 0.696. The van der Waals surface area contributed by atoms with Gasteiger partial charge in [0.25, 0.3) is 0 Å². The van der Waals surface area contributed by atoms with Gasteiger partial charge < -0.3 is 15.6 Å². The maximum Gasteiger partial charge on any atom is 0.0955 e. The highest BCUT2D eigenvalue weighted by atomic mass is 15.0. The molecule has 74 valence electrons. The summed E-state index contributed by atoms with van der Waals surface area (Å²) in [6.45, 7) is 1.29. The fourth-order valence-electron chi connectivity index (χ4n) is 1.51. The van der Waals surface area contributed by atoms with Crippen molar-refractivity contribution in [3.8, 4) is 0 Å². The van der Waals surface area contributed by atoms with Crippen LogP contribution < -0.4 is 11.1 Å². The number of hydrogen-bond acceptors (Lipinski definition) is 3. The van der Waals surface area contributed by atoms with Crippen LogP contribution in [0.1, 0.15) is 5.56 Å². The van der Waals surface area contributed by atoms with E-state index in [1.165, 1.54) is 5.56 Å². The van der Waals surface area contributed by atoms with Gasteiger partial charge in [0.1, 0.15) is 0 Å². The van der Waals surface area contributed by atoms with E-state index in [1.54, 1.807) is 0 Å². The lowest BCUT2D eigenvalue weighted by Gasteiger charge is -2.01. The average Bonchev–Trinajstić information content (AvgIpc) is 2.57. The molecule has 0 saturated heterocycles. The molecular formula is C10H14N4. The van der Waals surface area contributed by atoms with Crippen LogP contribution in [-0.2, 0) is 13.6 Å². The van der Waals surface area contributed by atoms with Crippen LogP contribution in [0.25, 0.3) is 11.0 Å². The summed E-state index contributed by atoms with van der Waals surface area (Å²) in [5.41, 5.74) is 8.76. The molecule has 3 N–H and O–H groups in total. The molecule has 0 unspecified atom stereocenters. The van der Waals surface area contributed by atoms with E-state index in [1.807, 2.05) is 17.9 Å². The summed E-state index contributed by atoms with van der Waals surface area (Å²) in [6.07, 6.45) is 1.82. The van der Waals surface area contributed by atoms with Crippen molar-refractivity contribution in [3.63, 3.8) is 0 Å². The Hall–Kier alpha value is -1.39. The van der Waals surface area contributed by atoms with Crippen LogP contribution in [0.5, 0.6) is 0 Å². The molecule has 0 aliphatic carbocycles. The Labute approximate surface area is 82.7 Å². The zero-order valence-corrected chi connectivity index (χ0v) is 8.20. The Balaban J connectivity index is 2.32. The van der Waals surface area contributed by atoms with Crippen molar-refractivity contribution in [1.29, 1.82) is 0 Å². The standard InChI is InChI=1S/C10H14N4/c1-14-7-13-9-4-8(5-12-6-11)2-3-10(9)14/h2-4,7,12H,5-6,11H2,1H3. The number of hydrogen-bond donors (Lipinski definition) is 2. The van der Waals surface area contributed by atoms with Crippen molar-refractivity contribution in [3.05, 3.63) is 30.1 Å². The third kappa shape index (κ3) is 1.62. The number of benzene rings is 1. The van der Waals surface area contributed by atoms with Crippen LogP contribution >= 0.6 is 0 Å². The molecule has 14 heavy (non-hydrogen) atoms. The molecule has 4 heteroatoms. The molecule has 0 aliphatic rings. The number of nitrogens with two attached hydrogens (primary N) is 1. The highest BCUT2D eigenvalue weighted by Crippen LogP contribution is 2.13. The second-order valence-corrected chi connectivity index (χ2v) is 3.31. The van der Waals surface area contributed by atoms with Gasteiger partial charge in [0.15, 0.2) is 0 Å². The average molecular weight is 190 g/mol. The fraction of sp³-hybridized carbons (Fsp3) is 0.300. The number of rotatable bonds is 3. The number of aryl methyl sites for hydroxylation is 1. The number of nitrogens with zero attached hydrogens (tertiary/aromatic N) is 2. The van der Waals surface area contributed by atoms with Crippen LogP contribution in [0.15, 0.2) is 24.5 Å². The van der Waals surface area contributed by atoms with Gasteiger partial charge in [-0.05, 0) is 17.7 Å². The van der Waals surface area contributed by atoms with E-state index in [4.69, 9.17) is 5.73 Å². The molecule has 0 saturated carbocycles. The van der Waals surface area contributed by atoms with Gasteiger partial charge in [-0.3, -0.25) is 0 Å². The lowest BCUT2D eigenvalue weighted by molar-refractivity contribution is 0.709. The van der Waals surface area contributed by atoms with Crippen molar-refractivity contribution in [2.45, 2.75) is 6.54 Å². The van der Waals surface area contributed by atoms with E-state index in [-0.39, 0.29) is 0 Å². The Morgan fingerprint density at radius 1 is 1.50 bits per heavy atom. The predicted molar refractivity (Wildman–Crippen MR) is 56.6 cm³/mol. The molecule has 1 aromatic heterocycles. The number of nitrogens with one attached hydrogen (secondary N) is 1. The number of imidazole rings is 1. The van der Waals surface area contributed by atoms with Crippen molar-refractivity contribution in [2.75, 3.05) is 6.67 Å². The first-order chi connectivity index (χ1) is 6.81. The molecule has 1 heterocycles. The highest BCUT2D eigenvalue weighted by Gasteiger charge is 1.99. The van der Waals surface area contributed by atoms with Crippen molar-refractivity contribution < 1.29 is 0 Å². The number of aromatic nitrogens is 2. The maximum absolute atomic E-state index is 5.36. The molecule has 1 aromatic carbocycles. The summed E-state index contributed by atoms with van der Waals surface area (Å²) in [4.78, 5) is 4.29. The topological polar surface area (TPSA) is 55.9 Å². The van der Waals surface area contributed by atoms with E-state index in [0.29, 0.717) is 6.67 Å². The number of fused-ring (bicyclic) bond motifs is 1. The first-order valence-corrected chi connectivity index (χ1v) is 4.62. The molecule has 0 atom stereocenters. The molecular weight excluding hydrogens is 176 g/mol. The van der Waals surface area contributed by atoms with Gasteiger partial charge >= 0.3 is 0 Å². The lowest BCUT2D eigenvalue weighted by atomic mass is 10.2. The van der Waals surface area contributed by atoms with Gasteiger partial charge in [-0.15, -0.1) is 0 Å². The second-order valence-electron chi connectivity index (χ2n) is 3.31. The van der Waals surface area contributed by atoms with E-state index in [2.05, 4.69) is 28.5 Å². The monoisotopic (exact) mass is 190 g/mol. The van der Waals surface area contributed by atoms with E-state index >= 15 is 0 Å². The minimum Gasteiger partial charge on any atom is -0.334 e. The first kappa shape index (κ1) is 9.18. The van der Waals surface area contributed by atoms with E-state index in [0.717, 1.165) is 17.6 Å². The van der Waals surface area contributed by atoms with Gasteiger partial charge in [-0.1, -0.05) is 6.07 Å². The van der Waals surface area contributed by atoms with Crippen LogP contribution in [0.4, 0.5) is 0 Å². The summed E-state index contributed by atoms with van der Waals surface area (Å²) >= 11 is 0.